The summed E-state index contributed by atoms with van der Waals surface area (Å²) < 4.78 is 26.7. The number of carbonyl (C=O) groups is 1. The number of nitrogens with one attached hydrogen (secondary N) is 1. The van der Waals surface area contributed by atoms with E-state index in [0.717, 1.165) is 0 Å². The van der Waals surface area contributed by atoms with Crippen LogP contribution in [0, 0.1) is 17.6 Å². The van der Waals surface area contributed by atoms with Gasteiger partial charge in [-0.05, 0) is 35.7 Å². The molecular weight excluding hydrogens is 350 g/mol. The average Bonchev–Trinajstić information content (AvgIpc) is 2.61. The Kier molecular flexibility index (Phi) is 7.88. The quantitative estimate of drug-likeness (QED) is 0.696. The normalized spacial score (nSPS) is 12.4. The smallest absolute Gasteiger partial charge is 0.225 e. The predicted octanol–water partition coefficient (Wildman–Crippen LogP) is 3.99. The number of hydrogen-bond donors (Lipinski definition) is 2. The van der Waals surface area contributed by atoms with Gasteiger partial charge >= 0.3 is 0 Å². The van der Waals surface area contributed by atoms with Crippen molar-refractivity contribution in [2.75, 3.05) is 25.0 Å². The highest BCUT2D eigenvalue weighted by Crippen LogP contribution is 2.17. The number of para-hydroxylation sites is 1. The van der Waals surface area contributed by atoms with Gasteiger partial charge in [0.15, 0.2) is 0 Å². The zero-order valence-electron chi connectivity index (χ0n) is 15.7. The third kappa shape index (κ3) is 7.07. The molecule has 0 aromatic heterocycles. The van der Waals surface area contributed by atoms with E-state index in [4.69, 9.17) is 0 Å². The molecular formula is C21H26F2N2O2. The molecule has 0 heterocycles. The predicted molar refractivity (Wildman–Crippen MR) is 102 cm³/mol. The van der Waals surface area contributed by atoms with Crippen molar-refractivity contribution in [2.45, 2.75) is 26.4 Å². The molecule has 0 radical (unpaired) electrons. The number of halogens is 2. The van der Waals surface area contributed by atoms with E-state index in [9.17, 15) is 18.7 Å². The highest BCUT2D eigenvalue weighted by Gasteiger charge is 2.16. The summed E-state index contributed by atoms with van der Waals surface area (Å²) in [5.41, 5.74) is 0.783. The molecule has 1 unspecified atom stereocenters. The summed E-state index contributed by atoms with van der Waals surface area (Å²) >= 11 is 0. The molecule has 1 atom stereocenters. The van der Waals surface area contributed by atoms with E-state index in [1.807, 2.05) is 4.90 Å². The van der Waals surface area contributed by atoms with Gasteiger partial charge in [-0.25, -0.2) is 8.78 Å². The highest BCUT2D eigenvalue weighted by molar-refractivity contribution is 5.90. The standard InChI is InChI=1S/C21H26F2N2O2/c1-15(2)13-25(14-20(26)16-7-9-17(22)10-8-16)12-11-21(27)24-19-6-4-3-5-18(19)23/h3-10,15,20,26H,11-14H2,1-2H3,(H,24,27). The van der Waals surface area contributed by atoms with Crippen LogP contribution in [0.25, 0.3) is 0 Å². The molecule has 2 N–H and O–H groups in total. The lowest BCUT2D eigenvalue weighted by molar-refractivity contribution is -0.116. The second-order valence-corrected chi connectivity index (χ2v) is 7.00. The van der Waals surface area contributed by atoms with Crippen molar-refractivity contribution >= 4 is 11.6 Å². The SMILES string of the molecule is CC(C)CN(CCC(=O)Nc1ccccc1F)CC(O)c1ccc(F)cc1. The molecule has 0 aliphatic carbocycles. The van der Waals surface area contributed by atoms with Crippen LogP contribution < -0.4 is 5.32 Å². The first-order valence-corrected chi connectivity index (χ1v) is 9.05. The van der Waals surface area contributed by atoms with Crippen LogP contribution in [0.3, 0.4) is 0 Å². The Morgan fingerprint density at radius 3 is 2.37 bits per heavy atom. The largest absolute Gasteiger partial charge is 0.387 e. The number of benzene rings is 2. The van der Waals surface area contributed by atoms with Crippen LogP contribution >= 0.6 is 0 Å². The fraction of sp³-hybridized carbons (Fsp3) is 0.381. The molecule has 1 amide bonds. The van der Waals surface area contributed by atoms with Crippen molar-refractivity contribution in [2.24, 2.45) is 5.92 Å². The Morgan fingerprint density at radius 2 is 1.74 bits per heavy atom. The van der Waals surface area contributed by atoms with Crippen LogP contribution in [-0.2, 0) is 4.79 Å². The summed E-state index contributed by atoms with van der Waals surface area (Å²) in [4.78, 5) is 14.1. The van der Waals surface area contributed by atoms with Gasteiger partial charge in [-0.1, -0.05) is 38.1 Å². The molecule has 146 valence electrons. The summed E-state index contributed by atoms with van der Waals surface area (Å²) in [6.45, 7) is 5.56. The monoisotopic (exact) mass is 376 g/mol. The van der Waals surface area contributed by atoms with Crippen LogP contribution in [0.1, 0.15) is 31.9 Å². The number of amides is 1. The van der Waals surface area contributed by atoms with Crippen molar-refractivity contribution in [3.8, 4) is 0 Å². The zero-order valence-corrected chi connectivity index (χ0v) is 15.7. The first-order chi connectivity index (χ1) is 12.8. The van der Waals surface area contributed by atoms with E-state index in [1.165, 1.54) is 24.3 Å². The lowest BCUT2D eigenvalue weighted by Gasteiger charge is -2.26. The van der Waals surface area contributed by atoms with Crippen molar-refractivity contribution in [3.63, 3.8) is 0 Å². The summed E-state index contributed by atoms with van der Waals surface area (Å²) in [5, 5.41) is 13.0. The Morgan fingerprint density at radius 1 is 1.07 bits per heavy atom. The molecule has 2 aromatic carbocycles. The Hall–Kier alpha value is -2.31. The molecule has 0 fully saturated rings. The minimum absolute atomic E-state index is 0.157. The average molecular weight is 376 g/mol. The Bertz CT molecular complexity index is 735. The van der Waals surface area contributed by atoms with Crippen LogP contribution in [-0.4, -0.2) is 35.5 Å². The highest BCUT2D eigenvalue weighted by atomic mass is 19.1. The van der Waals surface area contributed by atoms with Gasteiger partial charge in [-0.3, -0.25) is 9.69 Å². The number of hydrogen-bond acceptors (Lipinski definition) is 3. The van der Waals surface area contributed by atoms with Gasteiger partial charge in [0, 0.05) is 26.1 Å². The number of nitrogens with zero attached hydrogens (tertiary/aromatic N) is 1. The lowest BCUT2D eigenvalue weighted by Crippen LogP contribution is -2.34. The molecule has 0 aliphatic rings. The number of aliphatic hydroxyl groups excluding tert-OH is 1. The van der Waals surface area contributed by atoms with Gasteiger partial charge in [0.2, 0.25) is 5.91 Å². The molecule has 6 heteroatoms. The second kappa shape index (κ2) is 10.1. The van der Waals surface area contributed by atoms with Crippen LogP contribution in [0.5, 0.6) is 0 Å². The van der Waals surface area contributed by atoms with E-state index < -0.39 is 11.9 Å². The summed E-state index contributed by atoms with van der Waals surface area (Å²) in [5.74, 6) is -0.767. The van der Waals surface area contributed by atoms with E-state index in [1.54, 1.807) is 24.3 Å². The third-order valence-electron chi connectivity index (χ3n) is 4.11. The fourth-order valence-corrected chi connectivity index (χ4v) is 2.84. The van der Waals surface area contributed by atoms with Crippen LogP contribution in [0.2, 0.25) is 0 Å². The number of carbonyl (C=O) groups excluding carboxylic acids is 1. The molecule has 0 spiro atoms. The first-order valence-electron chi connectivity index (χ1n) is 9.05. The maximum Gasteiger partial charge on any atom is 0.225 e. The molecule has 2 rings (SSSR count). The Balaban J connectivity index is 1.92. The number of anilines is 1. The van der Waals surface area contributed by atoms with E-state index in [0.29, 0.717) is 31.1 Å². The van der Waals surface area contributed by atoms with Crippen molar-refractivity contribution in [1.82, 2.24) is 4.90 Å². The first kappa shape index (κ1) is 21.0. The molecule has 4 nitrogen and oxygen atoms in total. The van der Waals surface area contributed by atoms with Crippen molar-refractivity contribution in [3.05, 3.63) is 65.7 Å². The van der Waals surface area contributed by atoms with Gasteiger partial charge in [0.1, 0.15) is 11.6 Å². The minimum Gasteiger partial charge on any atom is -0.387 e. The maximum atomic E-state index is 13.6. The van der Waals surface area contributed by atoms with Crippen molar-refractivity contribution < 1.29 is 18.7 Å². The maximum absolute atomic E-state index is 13.6. The van der Waals surface area contributed by atoms with Gasteiger partial charge in [-0.2, -0.15) is 0 Å². The van der Waals surface area contributed by atoms with Gasteiger partial charge < -0.3 is 10.4 Å². The molecule has 0 saturated carbocycles. The van der Waals surface area contributed by atoms with E-state index in [2.05, 4.69) is 19.2 Å². The number of rotatable bonds is 9. The zero-order chi connectivity index (χ0) is 19.8. The van der Waals surface area contributed by atoms with E-state index in [-0.39, 0.29) is 23.8 Å². The minimum atomic E-state index is -0.779. The number of aliphatic hydroxyl groups is 1. The van der Waals surface area contributed by atoms with Crippen LogP contribution in [0.15, 0.2) is 48.5 Å². The summed E-state index contributed by atoms with van der Waals surface area (Å²) in [6, 6.07) is 11.8. The van der Waals surface area contributed by atoms with Crippen molar-refractivity contribution in [1.29, 1.82) is 0 Å². The van der Waals surface area contributed by atoms with E-state index >= 15 is 0 Å². The molecule has 0 bridgehead atoms. The summed E-state index contributed by atoms with van der Waals surface area (Å²) in [7, 11) is 0. The van der Waals surface area contributed by atoms with Crippen LogP contribution in [0.4, 0.5) is 14.5 Å². The molecule has 0 aliphatic heterocycles. The van der Waals surface area contributed by atoms with Gasteiger partial charge in [-0.15, -0.1) is 0 Å². The molecule has 2 aromatic rings. The van der Waals surface area contributed by atoms with Gasteiger partial charge in [0.05, 0.1) is 11.8 Å². The third-order valence-corrected chi connectivity index (χ3v) is 4.11. The second-order valence-electron chi connectivity index (χ2n) is 7.00. The topological polar surface area (TPSA) is 52.6 Å². The Labute approximate surface area is 158 Å². The van der Waals surface area contributed by atoms with Gasteiger partial charge in [0.25, 0.3) is 0 Å². The molecule has 27 heavy (non-hydrogen) atoms. The lowest BCUT2D eigenvalue weighted by atomic mass is 10.1. The summed E-state index contributed by atoms with van der Waals surface area (Å²) in [6.07, 6.45) is -0.601. The fourth-order valence-electron chi connectivity index (χ4n) is 2.84. The molecule has 0 saturated heterocycles.